The average molecular weight is 431 g/mol. The van der Waals surface area contributed by atoms with Gasteiger partial charge in [0.25, 0.3) is 11.6 Å². The molecule has 0 aliphatic carbocycles. The number of aryl methyl sites for hydroxylation is 1. The van der Waals surface area contributed by atoms with E-state index in [1.165, 1.54) is 26.4 Å². The molecule has 1 unspecified atom stereocenters. The number of nitrogens with one attached hydrogen (secondary N) is 1. The lowest BCUT2D eigenvalue weighted by Gasteiger charge is -2.20. The molecule has 10 heteroatoms. The van der Waals surface area contributed by atoms with Crippen LogP contribution in [0.2, 0.25) is 5.02 Å². The van der Waals surface area contributed by atoms with Crippen LogP contribution in [0, 0.1) is 10.1 Å². The first kappa shape index (κ1) is 21.1. The van der Waals surface area contributed by atoms with Gasteiger partial charge in [-0.2, -0.15) is 0 Å². The highest BCUT2D eigenvalue weighted by atomic mass is 35.5. The highest BCUT2D eigenvalue weighted by Crippen LogP contribution is 2.30. The van der Waals surface area contributed by atoms with E-state index in [9.17, 15) is 14.9 Å². The van der Waals surface area contributed by atoms with E-state index in [0.717, 1.165) is 6.07 Å². The topological polar surface area (TPSA) is 109 Å². The fourth-order valence-corrected chi connectivity index (χ4v) is 3.14. The third-order valence-corrected chi connectivity index (χ3v) is 4.82. The molecule has 0 radical (unpaired) electrons. The molecule has 0 saturated heterocycles. The Morgan fingerprint density at radius 2 is 1.87 bits per heavy atom. The zero-order valence-electron chi connectivity index (χ0n) is 16.5. The molecular weight excluding hydrogens is 412 g/mol. The predicted molar refractivity (Wildman–Crippen MR) is 110 cm³/mol. The fraction of sp³-hybridized carbons (Fsp3) is 0.200. The second-order valence-corrected chi connectivity index (χ2v) is 6.78. The van der Waals surface area contributed by atoms with E-state index in [2.05, 4.69) is 10.3 Å². The molecule has 0 bridgehead atoms. The second kappa shape index (κ2) is 8.83. The number of carbonyl (C=O) groups is 1. The first-order valence-electron chi connectivity index (χ1n) is 8.79. The summed E-state index contributed by atoms with van der Waals surface area (Å²) in [6.07, 6.45) is 3.36. The number of imidazole rings is 1. The van der Waals surface area contributed by atoms with Crippen molar-refractivity contribution < 1.29 is 19.2 Å². The smallest absolute Gasteiger partial charge is 0.288 e. The van der Waals surface area contributed by atoms with Crippen molar-refractivity contribution in [3.05, 3.63) is 80.9 Å². The molecule has 1 amide bonds. The van der Waals surface area contributed by atoms with E-state index in [0.29, 0.717) is 22.9 Å². The fourth-order valence-electron chi connectivity index (χ4n) is 2.96. The van der Waals surface area contributed by atoms with Gasteiger partial charge in [-0.05, 0) is 29.8 Å². The summed E-state index contributed by atoms with van der Waals surface area (Å²) in [5.74, 6) is 1.12. The number of benzene rings is 2. The maximum atomic E-state index is 13.0. The molecule has 1 N–H and O–H groups in total. The number of rotatable bonds is 7. The zero-order valence-corrected chi connectivity index (χ0v) is 17.2. The molecule has 0 spiro atoms. The number of methoxy groups -OCH3 is 2. The van der Waals surface area contributed by atoms with Gasteiger partial charge in [-0.25, -0.2) is 4.98 Å². The number of ether oxygens (including phenoxy) is 2. The Labute approximate surface area is 177 Å². The van der Waals surface area contributed by atoms with Gasteiger partial charge in [0.05, 0.1) is 19.1 Å². The highest BCUT2D eigenvalue weighted by molar-refractivity contribution is 6.32. The van der Waals surface area contributed by atoms with Gasteiger partial charge in [0, 0.05) is 37.1 Å². The van der Waals surface area contributed by atoms with Crippen LogP contribution in [0.5, 0.6) is 11.5 Å². The van der Waals surface area contributed by atoms with Crippen LogP contribution in [0.3, 0.4) is 0 Å². The number of hydrogen-bond acceptors (Lipinski definition) is 6. The number of nitrogens with zero attached hydrogens (tertiary/aromatic N) is 3. The first-order valence-corrected chi connectivity index (χ1v) is 9.16. The Kier molecular flexibility index (Phi) is 6.22. The van der Waals surface area contributed by atoms with Crippen LogP contribution >= 0.6 is 11.6 Å². The summed E-state index contributed by atoms with van der Waals surface area (Å²) < 4.78 is 12.4. The lowest BCUT2D eigenvalue weighted by molar-refractivity contribution is -0.384. The molecule has 0 fully saturated rings. The Hall–Kier alpha value is -3.59. The summed E-state index contributed by atoms with van der Waals surface area (Å²) in [6.45, 7) is 0. The molecule has 0 aliphatic rings. The van der Waals surface area contributed by atoms with Gasteiger partial charge in [-0.15, -0.1) is 0 Å². The second-order valence-electron chi connectivity index (χ2n) is 6.37. The number of halogens is 1. The highest BCUT2D eigenvalue weighted by Gasteiger charge is 2.24. The van der Waals surface area contributed by atoms with Crippen LogP contribution in [-0.4, -0.2) is 34.6 Å². The summed E-state index contributed by atoms with van der Waals surface area (Å²) in [5.41, 5.74) is 0.415. The van der Waals surface area contributed by atoms with Gasteiger partial charge in [0.15, 0.2) is 0 Å². The average Bonchev–Trinajstić information content (AvgIpc) is 3.16. The maximum Gasteiger partial charge on any atom is 0.288 e. The lowest BCUT2D eigenvalue weighted by atomic mass is 10.0. The van der Waals surface area contributed by atoms with Crippen LogP contribution < -0.4 is 14.8 Å². The predicted octanol–water partition coefficient (Wildman–Crippen LogP) is 3.52. The summed E-state index contributed by atoms with van der Waals surface area (Å²) in [7, 11) is 4.85. The molecule has 1 atom stereocenters. The lowest BCUT2D eigenvalue weighted by Crippen LogP contribution is -2.31. The van der Waals surface area contributed by atoms with Crippen molar-refractivity contribution in [2.24, 2.45) is 7.05 Å². The minimum atomic E-state index is -0.670. The van der Waals surface area contributed by atoms with Crippen molar-refractivity contribution in [1.29, 1.82) is 0 Å². The van der Waals surface area contributed by atoms with Gasteiger partial charge in [0.2, 0.25) is 0 Å². The van der Waals surface area contributed by atoms with Gasteiger partial charge in [0.1, 0.15) is 28.4 Å². The van der Waals surface area contributed by atoms with E-state index in [1.54, 1.807) is 42.2 Å². The van der Waals surface area contributed by atoms with Crippen LogP contribution in [-0.2, 0) is 7.05 Å². The summed E-state index contributed by atoms with van der Waals surface area (Å²) in [5, 5.41) is 14.0. The summed E-state index contributed by atoms with van der Waals surface area (Å²) in [4.78, 5) is 27.8. The molecule has 30 heavy (non-hydrogen) atoms. The van der Waals surface area contributed by atoms with Crippen molar-refractivity contribution >= 4 is 23.2 Å². The summed E-state index contributed by atoms with van der Waals surface area (Å²) in [6, 6.07) is 8.43. The minimum absolute atomic E-state index is 0.0465. The third-order valence-electron chi connectivity index (χ3n) is 4.50. The maximum absolute atomic E-state index is 13.0. The molecule has 0 aliphatic heterocycles. The minimum Gasteiger partial charge on any atom is -0.497 e. The molecule has 0 saturated carbocycles. The number of aromatic nitrogens is 2. The molecule has 9 nitrogen and oxygen atoms in total. The SMILES string of the molecule is COc1cc(OC)cc(C(NC(=O)c2ccc(Cl)c([N+](=O)[O-])c2)c2nccn2C)c1. The van der Waals surface area contributed by atoms with Crippen molar-refractivity contribution in [2.75, 3.05) is 14.2 Å². The van der Waals surface area contributed by atoms with Gasteiger partial charge >= 0.3 is 0 Å². The van der Waals surface area contributed by atoms with Crippen LogP contribution in [0.4, 0.5) is 5.69 Å². The Balaban J connectivity index is 2.03. The standard InChI is InChI=1S/C20H19ClN4O5/c1-24-7-6-22-19(24)18(13-8-14(29-2)11-15(9-13)30-3)23-20(26)12-4-5-16(21)17(10-12)25(27)28/h4-11,18H,1-3H3,(H,23,26). The third kappa shape index (κ3) is 4.36. The van der Waals surface area contributed by atoms with Gasteiger partial charge < -0.3 is 19.4 Å². The molecule has 1 heterocycles. The van der Waals surface area contributed by atoms with E-state index in [-0.39, 0.29) is 16.3 Å². The molecule has 156 valence electrons. The van der Waals surface area contributed by atoms with Crippen LogP contribution in [0.1, 0.15) is 27.8 Å². The molecular formula is C20H19ClN4O5. The quantitative estimate of drug-likeness (QED) is 0.453. The van der Waals surface area contributed by atoms with Crippen molar-refractivity contribution in [2.45, 2.75) is 6.04 Å². The van der Waals surface area contributed by atoms with E-state index >= 15 is 0 Å². The molecule has 2 aromatic carbocycles. The van der Waals surface area contributed by atoms with Gasteiger partial charge in [-0.1, -0.05) is 11.6 Å². The number of carbonyl (C=O) groups excluding carboxylic acids is 1. The van der Waals surface area contributed by atoms with E-state index in [4.69, 9.17) is 21.1 Å². The monoisotopic (exact) mass is 430 g/mol. The van der Waals surface area contributed by atoms with E-state index in [1.807, 2.05) is 0 Å². The Morgan fingerprint density at radius 1 is 1.20 bits per heavy atom. The largest absolute Gasteiger partial charge is 0.497 e. The first-order chi connectivity index (χ1) is 14.3. The van der Waals surface area contributed by atoms with Crippen molar-refractivity contribution in [1.82, 2.24) is 14.9 Å². The van der Waals surface area contributed by atoms with Crippen LogP contribution in [0.25, 0.3) is 0 Å². The Bertz CT molecular complexity index is 1080. The number of amides is 1. The van der Waals surface area contributed by atoms with Crippen molar-refractivity contribution in [3.8, 4) is 11.5 Å². The van der Waals surface area contributed by atoms with Gasteiger partial charge in [-0.3, -0.25) is 14.9 Å². The molecule has 3 aromatic rings. The van der Waals surface area contributed by atoms with E-state index < -0.39 is 16.9 Å². The number of hydrogen-bond donors (Lipinski definition) is 1. The summed E-state index contributed by atoms with van der Waals surface area (Å²) >= 11 is 5.85. The molecule has 3 rings (SSSR count). The number of nitro benzene ring substituents is 1. The Morgan fingerprint density at radius 3 is 2.40 bits per heavy atom. The molecule has 1 aromatic heterocycles. The number of nitro groups is 1. The normalized spacial score (nSPS) is 11.6. The van der Waals surface area contributed by atoms with Crippen LogP contribution in [0.15, 0.2) is 48.8 Å². The zero-order chi connectivity index (χ0) is 21.8. The van der Waals surface area contributed by atoms with Crippen molar-refractivity contribution in [3.63, 3.8) is 0 Å².